The Morgan fingerprint density at radius 3 is 3.06 bits per heavy atom. The zero-order valence-electron chi connectivity index (χ0n) is 10.3. The van der Waals surface area contributed by atoms with E-state index in [4.69, 9.17) is 4.74 Å². The van der Waals surface area contributed by atoms with Gasteiger partial charge in [0.1, 0.15) is 12.1 Å². The number of rotatable bonds is 4. The summed E-state index contributed by atoms with van der Waals surface area (Å²) in [5.41, 5.74) is 0. The molecule has 0 bridgehead atoms. The van der Waals surface area contributed by atoms with Crippen molar-refractivity contribution in [3.8, 4) is 5.88 Å². The number of hydrogen-bond donors (Lipinski definition) is 1. The highest BCUT2D eigenvalue weighted by molar-refractivity contribution is 7.91. The highest BCUT2D eigenvalue weighted by Gasteiger charge is 2.24. The van der Waals surface area contributed by atoms with Gasteiger partial charge in [0.25, 0.3) is 0 Å². The Kier molecular flexibility index (Phi) is 4.00. The van der Waals surface area contributed by atoms with Gasteiger partial charge < -0.3 is 10.1 Å². The smallest absolute Gasteiger partial charge is 0.218 e. The highest BCUT2D eigenvalue weighted by atomic mass is 32.2. The number of hydrogen-bond acceptors (Lipinski definition) is 6. The molecule has 1 N–H and O–H groups in total. The van der Waals surface area contributed by atoms with Crippen molar-refractivity contribution in [1.29, 1.82) is 0 Å². The van der Waals surface area contributed by atoms with E-state index in [0.29, 0.717) is 30.5 Å². The molecule has 1 aromatic heterocycles. The van der Waals surface area contributed by atoms with Gasteiger partial charge in [-0.2, -0.15) is 0 Å². The third kappa shape index (κ3) is 3.56. The molecule has 0 amide bonds. The van der Waals surface area contributed by atoms with Crippen molar-refractivity contribution in [3.63, 3.8) is 0 Å². The monoisotopic (exact) mass is 271 g/mol. The maximum absolute atomic E-state index is 11.5. The molecule has 1 fully saturated rings. The van der Waals surface area contributed by atoms with Gasteiger partial charge in [0.2, 0.25) is 5.88 Å². The Morgan fingerprint density at radius 1 is 1.50 bits per heavy atom. The molecule has 0 saturated carbocycles. The van der Waals surface area contributed by atoms with E-state index in [9.17, 15) is 8.42 Å². The Hall–Kier alpha value is -1.37. The van der Waals surface area contributed by atoms with E-state index in [2.05, 4.69) is 15.3 Å². The zero-order valence-corrected chi connectivity index (χ0v) is 11.1. The van der Waals surface area contributed by atoms with Gasteiger partial charge in [-0.25, -0.2) is 18.4 Å². The second-order valence-corrected chi connectivity index (χ2v) is 6.50. The molecule has 2 rings (SSSR count). The van der Waals surface area contributed by atoms with Crippen molar-refractivity contribution in [2.75, 3.05) is 23.4 Å². The van der Waals surface area contributed by atoms with Crippen LogP contribution in [0.1, 0.15) is 19.8 Å². The van der Waals surface area contributed by atoms with E-state index in [1.54, 1.807) is 6.07 Å². The standard InChI is InChI=1S/C11H17N3O3S/c1-2-17-11-6-10(12-8-13-11)14-9-4-3-5-18(15,16)7-9/h6,8-9H,2-5,7H2,1H3,(H,12,13,14). The van der Waals surface area contributed by atoms with Gasteiger partial charge in [-0.3, -0.25) is 0 Å². The Balaban J connectivity index is 2.02. The first-order chi connectivity index (χ1) is 8.59. The Labute approximate surface area is 107 Å². The molecule has 0 aliphatic carbocycles. The molecule has 1 atom stereocenters. The lowest BCUT2D eigenvalue weighted by Crippen LogP contribution is -2.35. The van der Waals surface area contributed by atoms with E-state index < -0.39 is 9.84 Å². The maximum Gasteiger partial charge on any atom is 0.218 e. The highest BCUT2D eigenvalue weighted by Crippen LogP contribution is 2.18. The van der Waals surface area contributed by atoms with Crippen LogP contribution in [0.25, 0.3) is 0 Å². The van der Waals surface area contributed by atoms with Crippen molar-refractivity contribution >= 4 is 15.7 Å². The van der Waals surface area contributed by atoms with Gasteiger partial charge >= 0.3 is 0 Å². The van der Waals surface area contributed by atoms with Gasteiger partial charge in [0.15, 0.2) is 9.84 Å². The molecule has 1 unspecified atom stereocenters. The third-order valence-corrected chi connectivity index (χ3v) is 4.57. The second kappa shape index (κ2) is 5.51. The average molecular weight is 271 g/mol. The molecule has 1 saturated heterocycles. The van der Waals surface area contributed by atoms with E-state index in [1.165, 1.54) is 6.33 Å². The van der Waals surface area contributed by atoms with Crippen LogP contribution in [-0.4, -0.2) is 42.5 Å². The minimum Gasteiger partial charge on any atom is -0.478 e. The van der Waals surface area contributed by atoms with Crippen LogP contribution in [0.3, 0.4) is 0 Å². The molecule has 0 radical (unpaired) electrons. The molecular formula is C11H17N3O3S. The third-order valence-electron chi connectivity index (χ3n) is 2.75. The van der Waals surface area contributed by atoms with Crippen molar-refractivity contribution in [1.82, 2.24) is 9.97 Å². The first kappa shape index (κ1) is 13.1. The van der Waals surface area contributed by atoms with E-state index in [0.717, 1.165) is 6.42 Å². The molecule has 1 aliphatic heterocycles. The van der Waals surface area contributed by atoms with Crippen LogP contribution < -0.4 is 10.1 Å². The zero-order chi connectivity index (χ0) is 13.0. The van der Waals surface area contributed by atoms with Gasteiger partial charge in [-0.05, 0) is 19.8 Å². The summed E-state index contributed by atoms with van der Waals surface area (Å²) in [6, 6.07) is 1.61. The number of sulfone groups is 1. The van der Waals surface area contributed by atoms with Crippen molar-refractivity contribution < 1.29 is 13.2 Å². The molecule has 6 nitrogen and oxygen atoms in total. The van der Waals surface area contributed by atoms with Gasteiger partial charge in [-0.1, -0.05) is 0 Å². The summed E-state index contributed by atoms with van der Waals surface area (Å²) in [5, 5.41) is 3.12. The molecule has 1 aliphatic rings. The Morgan fingerprint density at radius 2 is 2.33 bits per heavy atom. The molecule has 0 aromatic carbocycles. The number of anilines is 1. The first-order valence-electron chi connectivity index (χ1n) is 6.01. The average Bonchev–Trinajstić information content (AvgIpc) is 2.28. The van der Waals surface area contributed by atoms with Crippen LogP contribution in [0, 0.1) is 0 Å². The molecule has 18 heavy (non-hydrogen) atoms. The number of ether oxygens (including phenoxy) is 1. The first-order valence-corrected chi connectivity index (χ1v) is 7.83. The van der Waals surface area contributed by atoms with Crippen molar-refractivity contribution in [2.45, 2.75) is 25.8 Å². The summed E-state index contributed by atoms with van der Waals surface area (Å²) >= 11 is 0. The Bertz CT molecular complexity index is 504. The summed E-state index contributed by atoms with van der Waals surface area (Å²) in [4.78, 5) is 8.03. The second-order valence-electron chi connectivity index (χ2n) is 4.27. The topological polar surface area (TPSA) is 81.2 Å². The van der Waals surface area contributed by atoms with Gasteiger partial charge in [0.05, 0.1) is 18.1 Å². The summed E-state index contributed by atoms with van der Waals surface area (Å²) in [7, 11) is -2.91. The van der Waals surface area contributed by atoms with Crippen molar-refractivity contribution in [3.05, 3.63) is 12.4 Å². The lowest BCUT2D eigenvalue weighted by molar-refractivity contribution is 0.326. The van der Waals surface area contributed by atoms with E-state index in [1.807, 2.05) is 6.92 Å². The van der Waals surface area contributed by atoms with Gasteiger partial charge in [0, 0.05) is 12.1 Å². The number of nitrogens with one attached hydrogen (secondary N) is 1. The minimum atomic E-state index is -2.91. The lowest BCUT2D eigenvalue weighted by atomic mass is 10.2. The fraction of sp³-hybridized carbons (Fsp3) is 0.636. The van der Waals surface area contributed by atoms with Gasteiger partial charge in [-0.15, -0.1) is 0 Å². The summed E-state index contributed by atoms with van der Waals surface area (Å²) in [6.07, 6.45) is 2.95. The van der Waals surface area contributed by atoms with E-state index in [-0.39, 0.29) is 11.8 Å². The molecule has 0 spiro atoms. The van der Waals surface area contributed by atoms with Crippen LogP contribution in [0.2, 0.25) is 0 Å². The molecule has 100 valence electrons. The lowest BCUT2D eigenvalue weighted by Gasteiger charge is -2.23. The fourth-order valence-electron chi connectivity index (χ4n) is 1.99. The predicted molar refractivity (Wildman–Crippen MR) is 68.5 cm³/mol. The SMILES string of the molecule is CCOc1cc(NC2CCCS(=O)(=O)C2)ncn1. The van der Waals surface area contributed by atoms with Crippen molar-refractivity contribution in [2.24, 2.45) is 0 Å². The van der Waals surface area contributed by atoms with Crippen LogP contribution in [0.5, 0.6) is 5.88 Å². The molecule has 1 aromatic rings. The fourth-order valence-corrected chi connectivity index (χ4v) is 3.63. The number of aromatic nitrogens is 2. The predicted octanol–water partition coefficient (Wildman–Crippen LogP) is 0.864. The van der Waals surface area contributed by atoms with Crippen LogP contribution >= 0.6 is 0 Å². The van der Waals surface area contributed by atoms with Crippen LogP contribution in [0.4, 0.5) is 5.82 Å². The molecular weight excluding hydrogens is 254 g/mol. The summed E-state index contributed by atoms with van der Waals surface area (Å²) in [6.45, 7) is 2.41. The normalized spacial score (nSPS) is 22.4. The summed E-state index contributed by atoms with van der Waals surface area (Å²) in [5.74, 6) is 1.56. The largest absolute Gasteiger partial charge is 0.478 e. The molecule has 2 heterocycles. The number of nitrogens with zero attached hydrogens (tertiary/aromatic N) is 2. The van der Waals surface area contributed by atoms with E-state index >= 15 is 0 Å². The van der Waals surface area contributed by atoms with Crippen LogP contribution in [-0.2, 0) is 9.84 Å². The quantitative estimate of drug-likeness (QED) is 0.875. The molecule has 7 heteroatoms. The maximum atomic E-state index is 11.5. The van der Waals surface area contributed by atoms with Crippen LogP contribution in [0.15, 0.2) is 12.4 Å². The minimum absolute atomic E-state index is 0.0758. The summed E-state index contributed by atoms with van der Waals surface area (Å²) < 4.78 is 28.3.